The lowest BCUT2D eigenvalue weighted by Crippen LogP contribution is -2.47. The molecule has 3 atom stereocenters. The maximum absolute atomic E-state index is 13.4. The van der Waals surface area contributed by atoms with Crippen molar-refractivity contribution < 1.29 is 9.53 Å². The van der Waals surface area contributed by atoms with Gasteiger partial charge in [0.15, 0.2) is 0 Å². The second-order valence-corrected chi connectivity index (χ2v) is 15.3. The van der Waals surface area contributed by atoms with Crippen LogP contribution in [0.5, 0.6) is 0 Å². The number of aromatic nitrogens is 1. The smallest absolute Gasteiger partial charge is 0.260 e. The first-order valence-corrected chi connectivity index (χ1v) is 16.0. The number of carbonyl (C=O) groups excluding carboxylic acids is 1. The summed E-state index contributed by atoms with van der Waals surface area (Å²) in [5.74, 6) is 1.15. The summed E-state index contributed by atoms with van der Waals surface area (Å²) in [6.07, 6.45) is 9.00. The van der Waals surface area contributed by atoms with E-state index < -0.39 is 16.1 Å². The number of nitrogens with one attached hydrogen (secondary N) is 2. The number of nitriles is 1. The van der Waals surface area contributed by atoms with Gasteiger partial charge in [-0.05, 0) is 60.7 Å². The Balaban J connectivity index is 1.61. The Bertz CT molecular complexity index is 1370. The molecule has 1 saturated heterocycles. The minimum Gasteiger partial charge on any atom is -0.360 e. The molecule has 1 aliphatic heterocycles. The van der Waals surface area contributed by atoms with E-state index in [9.17, 15) is 14.9 Å². The number of rotatable bonds is 10. The molecule has 37 heavy (non-hydrogen) atoms. The first kappa shape index (κ1) is 27.2. The van der Waals surface area contributed by atoms with Gasteiger partial charge in [0, 0.05) is 22.9 Å². The summed E-state index contributed by atoms with van der Waals surface area (Å²) in [6.45, 7) is 3.67. The number of benzene rings is 2. The Morgan fingerprint density at radius 2 is 1.97 bits per heavy atom. The van der Waals surface area contributed by atoms with Gasteiger partial charge in [0.25, 0.3) is 5.56 Å². The molecule has 1 aliphatic rings. The second kappa shape index (κ2) is 11.7. The fourth-order valence-electron chi connectivity index (χ4n) is 5.04. The summed E-state index contributed by atoms with van der Waals surface area (Å²) in [5, 5.41) is 18.5. The molecule has 2 aromatic carbocycles. The van der Waals surface area contributed by atoms with E-state index in [0.29, 0.717) is 24.3 Å². The first-order chi connectivity index (χ1) is 17.7. The molecule has 0 bridgehead atoms. The van der Waals surface area contributed by atoms with Crippen LogP contribution in [0, 0.1) is 17.2 Å². The average molecular weight is 523 g/mol. The van der Waals surface area contributed by atoms with E-state index in [2.05, 4.69) is 42.4 Å². The minimum absolute atomic E-state index is 0.0913. The number of nitrogens with zero attached hydrogens (tertiary/aromatic N) is 2. The van der Waals surface area contributed by atoms with Crippen LogP contribution in [0.4, 0.5) is 0 Å². The molecule has 0 aliphatic carbocycles. The highest BCUT2D eigenvalue weighted by Crippen LogP contribution is 2.33. The van der Waals surface area contributed by atoms with E-state index >= 15 is 0 Å². The highest BCUT2D eigenvalue weighted by Gasteiger charge is 2.32. The highest BCUT2D eigenvalue weighted by molar-refractivity contribution is 8.32. The van der Waals surface area contributed by atoms with Gasteiger partial charge in [0.05, 0.1) is 24.2 Å². The number of amides is 1. The van der Waals surface area contributed by atoms with Gasteiger partial charge in [0.2, 0.25) is 5.91 Å². The molecule has 8 heteroatoms. The molecule has 1 aromatic heterocycles. The van der Waals surface area contributed by atoms with Crippen molar-refractivity contribution in [3.05, 3.63) is 58.4 Å². The van der Waals surface area contributed by atoms with Crippen molar-refractivity contribution in [2.45, 2.75) is 45.0 Å². The Morgan fingerprint density at radius 3 is 2.68 bits per heavy atom. The molecule has 0 spiro atoms. The molecule has 0 saturated carbocycles. The number of hydrogen-bond donors (Lipinski definition) is 2. The summed E-state index contributed by atoms with van der Waals surface area (Å²) in [6, 6.07) is 14.9. The average Bonchev–Trinajstić information content (AvgIpc) is 3.36. The molecule has 2 N–H and O–H groups in total. The molecule has 1 fully saturated rings. The Hall–Kier alpha value is -2.86. The van der Waals surface area contributed by atoms with Gasteiger partial charge in [-0.3, -0.25) is 14.2 Å². The lowest BCUT2D eigenvalue weighted by molar-refractivity contribution is -0.124. The van der Waals surface area contributed by atoms with Crippen LogP contribution in [0.15, 0.2) is 47.3 Å². The third kappa shape index (κ3) is 6.35. The summed E-state index contributed by atoms with van der Waals surface area (Å²) in [5.41, 5.74) is 1.57. The van der Waals surface area contributed by atoms with E-state index in [0.717, 1.165) is 47.0 Å². The zero-order chi connectivity index (χ0) is 26.6. The maximum atomic E-state index is 13.4. The number of carbonyl (C=O) groups is 1. The van der Waals surface area contributed by atoms with Gasteiger partial charge in [-0.15, -0.1) is 0 Å². The van der Waals surface area contributed by atoms with E-state index in [-0.39, 0.29) is 24.2 Å². The SMILES string of the molecule is CCC1CCNC1C(=O)NC(C#N)Cc1ccc2c3ccccc3c(=O)n(COCCS(C)(C)C)c2c1. The molecule has 7 nitrogen and oxygen atoms in total. The third-order valence-electron chi connectivity index (χ3n) is 7.18. The van der Waals surface area contributed by atoms with Crippen LogP contribution in [0.3, 0.4) is 0 Å². The molecule has 2 heterocycles. The fourth-order valence-corrected chi connectivity index (χ4v) is 5.66. The Labute approximate surface area is 220 Å². The molecule has 198 valence electrons. The summed E-state index contributed by atoms with van der Waals surface area (Å²) in [7, 11) is -0.693. The van der Waals surface area contributed by atoms with Gasteiger partial charge in [-0.25, -0.2) is 10.0 Å². The maximum Gasteiger partial charge on any atom is 0.260 e. The van der Waals surface area contributed by atoms with Crippen molar-refractivity contribution in [2.75, 3.05) is 37.7 Å². The van der Waals surface area contributed by atoms with E-state index in [1.165, 1.54) is 0 Å². The first-order valence-electron chi connectivity index (χ1n) is 12.9. The van der Waals surface area contributed by atoms with Crippen LogP contribution in [-0.2, 0) is 22.7 Å². The van der Waals surface area contributed by atoms with Crippen molar-refractivity contribution in [1.29, 1.82) is 5.26 Å². The third-order valence-corrected chi connectivity index (χ3v) is 8.57. The molecule has 3 unspecified atom stereocenters. The van der Waals surface area contributed by atoms with Crippen molar-refractivity contribution >= 4 is 37.6 Å². The van der Waals surface area contributed by atoms with Crippen LogP contribution >= 0.6 is 10.0 Å². The van der Waals surface area contributed by atoms with Gasteiger partial charge in [0.1, 0.15) is 12.8 Å². The van der Waals surface area contributed by atoms with Crippen molar-refractivity contribution in [3.8, 4) is 6.07 Å². The van der Waals surface area contributed by atoms with Crippen LogP contribution < -0.4 is 16.2 Å². The Kier molecular flexibility index (Phi) is 8.58. The largest absolute Gasteiger partial charge is 0.360 e. The molecule has 0 radical (unpaired) electrons. The van der Waals surface area contributed by atoms with Gasteiger partial charge in [-0.1, -0.05) is 43.7 Å². The van der Waals surface area contributed by atoms with Crippen LogP contribution in [0.2, 0.25) is 0 Å². The lowest BCUT2D eigenvalue weighted by Gasteiger charge is -2.24. The normalized spacial score (nSPS) is 19.1. The molecular formula is C29H38N4O3S. The summed E-state index contributed by atoms with van der Waals surface area (Å²) >= 11 is 0. The monoisotopic (exact) mass is 522 g/mol. The minimum atomic E-state index is -0.693. The Morgan fingerprint density at radius 1 is 1.22 bits per heavy atom. The topological polar surface area (TPSA) is 96.2 Å². The molecule has 4 rings (SSSR count). The highest BCUT2D eigenvalue weighted by atomic mass is 32.3. The van der Waals surface area contributed by atoms with Crippen LogP contribution in [-0.4, -0.2) is 60.2 Å². The van der Waals surface area contributed by atoms with Crippen LogP contribution in [0.1, 0.15) is 25.3 Å². The molecular weight excluding hydrogens is 484 g/mol. The summed E-state index contributed by atoms with van der Waals surface area (Å²) in [4.78, 5) is 26.3. The second-order valence-electron chi connectivity index (χ2n) is 10.7. The number of pyridine rings is 1. The standard InChI is InChI=1S/C29H38N4O3S/c1-5-21-12-13-31-27(21)28(34)32-22(18-30)16-20-10-11-24-23-8-6-7-9-25(23)29(35)33(26(24)17-20)19-36-14-15-37(2,3)4/h6-11,17,21-22,27,31H,5,12-16,19H2,1-4H3,(H,32,34). The van der Waals surface area contributed by atoms with Crippen molar-refractivity contribution in [1.82, 2.24) is 15.2 Å². The number of ether oxygens (including phenoxy) is 1. The lowest BCUT2D eigenvalue weighted by atomic mass is 9.96. The van der Waals surface area contributed by atoms with Crippen LogP contribution in [0.25, 0.3) is 21.7 Å². The van der Waals surface area contributed by atoms with Gasteiger partial charge < -0.3 is 15.4 Å². The van der Waals surface area contributed by atoms with Gasteiger partial charge in [-0.2, -0.15) is 5.26 Å². The van der Waals surface area contributed by atoms with Crippen molar-refractivity contribution in [3.63, 3.8) is 0 Å². The van der Waals surface area contributed by atoms with E-state index in [1.807, 2.05) is 42.5 Å². The van der Waals surface area contributed by atoms with E-state index in [4.69, 9.17) is 4.74 Å². The molecule has 3 aromatic rings. The molecule has 1 amide bonds. The summed E-state index contributed by atoms with van der Waals surface area (Å²) < 4.78 is 7.66. The predicted octanol–water partition coefficient (Wildman–Crippen LogP) is 3.76. The zero-order valence-electron chi connectivity index (χ0n) is 22.3. The number of fused-ring (bicyclic) bond motifs is 3. The van der Waals surface area contributed by atoms with E-state index in [1.54, 1.807) is 4.57 Å². The zero-order valence-corrected chi connectivity index (χ0v) is 23.1. The van der Waals surface area contributed by atoms with Gasteiger partial charge >= 0.3 is 0 Å². The predicted molar refractivity (Wildman–Crippen MR) is 153 cm³/mol. The van der Waals surface area contributed by atoms with Crippen molar-refractivity contribution in [2.24, 2.45) is 5.92 Å². The quantitative estimate of drug-likeness (QED) is 0.312. The fraction of sp³-hybridized carbons (Fsp3) is 0.483. The number of hydrogen-bond acceptors (Lipinski definition) is 5.